The Bertz CT molecular complexity index is 183. The molecule has 2 saturated carbocycles. The Morgan fingerprint density at radius 3 is 2.00 bits per heavy atom. The van der Waals surface area contributed by atoms with E-state index in [2.05, 4.69) is 6.58 Å². The number of alkyl halides is 2. The maximum absolute atomic E-state index is 12.4. The molecule has 0 aromatic rings. The lowest BCUT2D eigenvalue weighted by Crippen LogP contribution is -2.22. The monoisotopic (exact) mass is 130 g/mol. The van der Waals surface area contributed by atoms with E-state index >= 15 is 0 Å². The first kappa shape index (κ1) is 5.39. The fourth-order valence-corrected chi connectivity index (χ4v) is 1.59. The summed E-state index contributed by atoms with van der Waals surface area (Å²) in [6.07, 6.45) is 1.55. The first-order valence-corrected chi connectivity index (χ1v) is 3.15. The molecule has 0 radical (unpaired) electrons. The van der Waals surface area contributed by atoms with Crippen molar-refractivity contribution in [2.24, 2.45) is 5.41 Å². The van der Waals surface area contributed by atoms with Crippen LogP contribution in [0.1, 0.15) is 19.3 Å². The van der Waals surface area contributed by atoms with E-state index < -0.39 is 11.3 Å². The van der Waals surface area contributed by atoms with Crippen LogP contribution in [0.3, 0.4) is 0 Å². The fourth-order valence-electron chi connectivity index (χ4n) is 1.59. The first-order chi connectivity index (χ1) is 4.08. The van der Waals surface area contributed by atoms with Crippen molar-refractivity contribution in [3.05, 3.63) is 12.2 Å². The topological polar surface area (TPSA) is 0 Å². The highest BCUT2D eigenvalue weighted by Gasteiger charge is 2.75. The number of rotatable bonds is 0. The zero-order valence-corrected chi connectivity index (χ0v) is 5.08. The van der Waals surface area contributed by atoms with Crippen LogP contribution in [-0.4, -0.2) is 5.92 Å². The standard InChI is InChI=1S/C7H8F2/c1-5-2-3-6(5)4-7(6,8)9/h1-4H2. The van der Waals surface area contributed by atoms with E-state index in [4.69, 9.17) is 0 Å². The summed E-state index contributed by atoms with van der Waals surface area (Å²) in [5.74, 6) is -2.39. The predicted octanol–water partition coefficient (Wildman–Crippen LogP) is 2.36. The molecule has 0 nitrogen and oxygen atoms in total. The second-order valence-corrected chi connectivity index (χ2v) is 3.07. The van der Waals surface area contributed by atoms with Gasteiger partial charge in [0.25, 0.3) is 5.92 Å². The van der Waals surface area contributed by atoms with E-state index in [0.717, 1.165) is 12.0 Å². The number of allylic oxidation sites excluding steroid dienone is 1. The second-order valence-electron chi connectivity index (χ2n) is 3.07. The summed E-state index contributed by atoms with van der Waals surface area (Å²) < 4.78 is 24.8. The van der Waals surface area contributed by atoms with Crippen molar-refractivity contribution in [2.45, 2.75) is 25.2 Å². The normalized spacial score (nSPS) is 44.9. The lowest BCUT2D eigenvalue weighted by Gasteiger charge is -2.28. The quantitative estimate of drug-likeness (QED) is 0.441. The van der Waals surface area contributed by atoms with Gasteiger partial charge in [0, 0.05) is 6.42 Å². The lowest BCUT2D eigenvalue weighted by molar-refractivity contribution is 0.0584. The van der Waals surface area contributed by atoms with Crippen LogP contribution in [0.4, 0.5) is 8.78 Å². The minimum absolute atomic E-state index is 0.0683. The molecule has 9 heavy (non-hydrogen) atoms. The van der Waals surface area contributed by atoms with Crippen molar-refractivity contribution in [2.75, 3.05) is 0 Å². The number of halogens is 2. The van der Waals surface area contributed by atoms with E-state index in [9.17, 15) is 8.78 Å². The zero-order valence-electron chi connectivity index (χ0n) is 5.08. The van der Waals surface area contributed by atoms with E-state index in [0.29, 0.717) is 6.42 Å². The molecule has 0 N–H and O–H groups in total. The van der Waals surface area contributed by atoms with Gasteiger partial charge < -0.3 is 0 Å². The van der Waals surface area contributed by atoms with Crippen molar-refractivity contribution in [1.29, 1.82) is 0 Å². The maximum Gasteiger partial charge on any atom is 0.258 e. The lowest BCUT2D eigenvalue weighted by atomic mass is 9.76. The molecule has 0 aliphatic heterocycles. The van der Waals surface area contributed by atoms with Gasteiger partial charge >= 0.3 is 0 Å². The van der Waals surface area contributed by atoms with Crippen LogP contribution in [0.2, 0.25) is 0 Å². The highest BCUT2D eigenvalue weighted by molar-refractivity contribution is 5.35. The van der Waals surface area contributed by atoms with Crippen LogP contribution in [0, 0.1) is 5.41 Å². The average molecular weight is 130 g/mol. The van der Waals surface area contributed by atoms with Gasteiger partial charge in [-0.1, -0.05) is 12.2 Å². The van der Waals surface area contributed by atoms with Crippen molar-refractivity contribution >= 4 is 0 Å². The number of hydrogen-bond donors (Lipinski definition) is 0. The van der Waals surface area contributed by atoms with Crippen molar-refractivity contribution < 1.29 is 8.78 Å². The molecule has 1 unspecified atom stereocenters. The minimum Gasteiger partial charge on any atom is -0.206 e. The first-order valence-electron chi connectivity index (χ1n) is 3.15. The molecule has 0 bridgehead atoms. The van der Waals surface area contributed by atoms with Gasteiger partial charge in [0.05, 0.1) is 5.41 Å². The van der Waals surface area contributed by atoms with Crippen LogP contribution < -0.4 is 0 Å². The summed E-state index contributed by atoms with van der Waals surface area (Å²) in [5.41, 5.74) is 0.0694. The molecule has 0 amide bonds. The summed E-state index contributed by atoms with van der Waals surface area (Å²) in [6.45, 7) is 3.59. The molecule has 2 heteroatoms. The third-order valence-electron chi connectivity index (χ3n) is 2.63. The largest absolute Gasteiger partial charge is 0.258 e. The molecule has 50 valence electrons. The highest BCUT2D eigenvalue weighted by Crippen LogP contribution is 2.73. The summed E-state index contributed by atoms with van der Waals surface area (Å²) in [7, 11) is 0. The maximum atomic E-state index is 12.4. The summed E-state index contributed by atoms with van der Waals surface area (Å²) >= 11 is 0. The third kappa shape index (κ3) is 0.394. The Morgan fingerprint density at radius 1 is 1.44 bits per heavy atom. The van der Waals surface area contributed by atoms with E-state index in [-0.39, 0.29) is 6.42 Å². The Kier molecular flexibility index (Phi) is 0.640. The van der Waals surface area contributed by atoms with E-state index in [1.54, 1.807) is 0 Å². The smallest absolute Gasteiger partial charge is 0.206 e. The van der Waals surface area contributed by atoms with Crippen molar-refractivity contribution in [3.63, 3.8) is 0 Å². The molecule has 0 heterocycles. The molecule has 1 spiro atoms. The molecular formula is C7H8F2. The molecule has 2 rings (SSSR count). The molecular weight excluding hydrogens is 122 g/mol. The van der Waals surface area contributed by atoms with Crippen LogP contribution in [0.15, 0.2) is 12.2 Å². The molecule has 0 aromatic carbocycles. The Hall–Kier alpha value is -0.400. The van der Waals surface area contributed by atoms with Gasteiger partial charge in [-0.2, -0.15) is 0 Å². The van der Waals surface area contributed by atoms with Crippen LogP contribution >= 0.6 is 0 Å². The molecule has 0 saturated heterocycles. The molecule has 2 aliphatic carbocycles. The molecule has 1 atom stereocenters. The molecule has 2 aliphatic rings. The van der Waals surface area contributed by atoms with Gasteiger partial charge in [-0.25, -0.2) is 8.78 Å². The Morgan fingerprint density at radius 2 is 2.00 bits per heavy atom. The van der Waals surface area contributed by atoms with Crippen molar-refractivity contribution in [1.82, 2.24) is 0 Å². The van der Waals surface area contributed by atoms with Gasteiger partial charge in [-0.3, -0.25) is 0 Å². The highest BCUT2D eigenvalue weighted by atomic mass is 19.3. The number of hydrogen-bond acceptors (Lipinski definition) is 0. The Balaban J connectivity index is 2.24. The second kappa shape index (κ2) is 1.07. The SMILES string of the molecule is C=C1CCC12CC2(F)F. The van der Waals surface area contributed by atoms with Crippen LogP contribution in [0.25, 0.3) is 0 Å². The minimum atomic E-state index is -2.39. The van der Waals surface area contributed by atoms with Crippen LogP contribution in [0.5, 0.6) is 0 Å². The van der Waals surface area contributed by atoms with Gasteiger partial charge in [0.1, 0.15) is 0 Å². The molecule has 2 fully saturated rings. The third-order valence-corrected chi connectivity index (χ3v) is 2.63. The van der Waals surface area contributed by atoms with E-state index in [1.807, 2.05) is 0 Å². The fraction of sp³-hybridized carbons (Fsp3) is 0.714. The zero-order chi connectivity index (χ0) is 6.70. The van der Waals surface area contributed by atoms with Gasteiger partial charge in [-0.05, 0) is 12.8 Å². The van der Waals surface area contributed by atoms with Gasteiger partial charge in [-0.15, -0.1) is 0 Å². The van der Waals surface area contributed by atoms with Gasteiger partial charge in [0.15, 0.2) is 0 Å². The van der Waals surface area contributed by atoms with Crippen molar-refractivity contribution in [3.8, 4) is 0 Å². The summed E-state index contributed by atoms with van der Waals surface area (Å²) in [4.78, 5) is 0. The summed E-state index contributed by atoms with van der Waals surface area (Å²) in [6, 6.07) is 0. The predicted molar refractivity (Wildman–Crippen MR) is 30.4 cm³/mol. The van der Waals surface area contributed by atoms with E-state index in [1.165, 1.54) is 0 Å². The Labute approximate surface area is 52.6 Å². The van der Waals surface area contributed by atoms with Gasteiger partial charge in [0.2, 0.25) is 0 Å². The molecule has 0 aromatic heterocycles. The van der Waals surface area contributed by atoms with Crippen LogP contribution in [-0.2, 0) is 0 Å². The summed E-state index contributed by atoms with van der Waals surface area (Å²) in [5, 5.41) is 0. The average Bonchev–Trinajstić information content (AvgIpc) is 2.34.